The molecule has 0 fully saturated rings. The molecule has 1 aliphatic rings. The number of anilines is 1. The average Bonchev–Trinajstić information content (AvgIpc) is 3.10. The number of hydrogen-bond donors (Lipinski definition) is 1. The van der Waals surface area contributed by atoms with Crippen molar-refractivity contribution < 1.29 is 14.7 Å². The average molecular weight is 364 g/mol. The number of nitrogens with zero attached hydrogens (tertiary/aromatic N) is 4. The van der Waals surface area contributed by atoms with Gasteiger partial charge in [-0.2, -0.15) is 5.10 Å². The molecule has 27 heavy (non-hydrogen) atoms. The fraction of sp³-hybridized carbons (Fsp3) is 0.300. The number of carboxylic acids is 1. The fourth-order valence-electron chi connectivity index (χ4n) is 3.62. The van der Waals surface area contributed by atoms with E-state index in [1.54, 1.807) is 41.6 Å². The van der Waals surface area contributed by atoms with Gasteiger partial charge in [0, 0.05) is 29.9 Å². The van der Waals surface area contributed by atoms with Crippen LogP contribution in [-0.2, 0) is 4.79 Å². The molecule has 7 nitrogen and oxygen atoms in total. The quantitative estimate of drug-likeness (QED) is 0.771. The molecule has 1 amide bonds. The summed E-state index contributed by atoms with van der Waals surface area (Å²) in [6.07, 6.45) is 3.67. The number of para-hydroxylation sites is 1. The topological polar surface area (TPSA) is 88.3 Å². The largest absolute Gasteiger partial charge is 0.481 e. The van der Waals surface area contributed by atoms with Crippen LogP contribution in [0.25, 0.3) is 11.0 Å². The van der Waals surface area contributed by atoms with Gasteiger partial charge < -0.3 is 10.0 Å². The molecule has 0 bridgehead atoms. The lowest BCUT2D eigenvalue weighted by Crippen LogP contribution is -2.38. The van der Waals surface area contributed by atoms with Gasteiger partial charge in [-0.3, -0.25) is 9.59 Å². The van der Waals surface area contributed by atoms with E-state index in [0.717, 1.165) is 11.0 Å². The molecule has 4 rings (SSSR count). The Bertz CT molecular complexity index is 1040. The molecule has 1 aromatic carbocycles. The summed E-state index contributed by atoms with van der Waals surface area (Å²) in [5.41, 5.74) is 2.53. The highest BCUT2D eigenvalue weighted by atomic mass is 16.4. The summed E-state index contributed by atoms with van der Waals surface area (Å²) in [5, 5.41) is 14.6. The zero-order valence-electron chi connectivity index (χ0n) is 15.2. The van der Waals surface area contributed by atoms with Gasteiger partial charge in [-0.1, -0.05) is 18.2 Å². The molecule has 0 radical (unpaired) electrons. The summed E-state index contributed by atoms with van der Waals surface area (Å²) < 4.78 is 1.82. The second-order valence-corrected chi connectivity index (χ2v) is 7.01. The third-order valence-electron chi connectivity index (χ3n) is 4.96. The Kier molecular flexibility index (Phi) is 4.14. The van der Waals surface area contributed by atoms with E-state index in [0.29, 0.717) is 29.8 Å². The fourth-order valence-corrected chi connectivity index (χ4v) is 3.62. The van der Waals surface area contributed by atoms with Crippen molar-refractivity contribution in [2.75, 3.05) is 11.4 Å². The smallest absolute Gasteiger partial charge is 0.311 e. The van der Waals surface area contributed by atoms with Crippen LogP contribution in [0.2, 0.25) is 0 Å². The van der Waals surface area contributed by atoms with Gasteiger partial charge in [0.25, 0.3) is 5.91 Å². The van der Waals surface area contributed by atoms with Crippen LogP contribution in [0.15, 0.2) is 42.7 Å². The minimum Gasteiger partial charge on any atom is -0.481 e. The maximum Gasteiger partial charge on any atom is 0.311 e. The Hall–Kier alpha value is -3.22. The van der Waals surface area contributed by atoms with Crippen molar-refractivity contribution in [3.63, 3.8) is 0 Å². The molecule has 2 aromatic heterocycles. The van der Waals surface area contributed by atoms with Gasteiger partial charge in [0.15, 0.2) is 5.65 Å². The van der Waals surface area contributed by atoms with Crippen LogP contribution in [0.1, 0.15) is 48.1 Å². The normalized spacial score (nSPS) is 16.6. The van der Waals surface area contributed by atoms with Crippen LogP contribution >= 0.6 is 0 Å². The molecule has 3 heterocycles. The molecule has 1 unspecified atom stereocenters. The summed E-state index contributed by atoms with van der Waals surface area (Å²) >= 11 is 0. The van der Waals surface area contributed by atoms with Crippen LogP contribution in [0.5, 0.6) is 0 Å². The molecular formula is C20H20N4O3. The van der Waals surface area contributed by atoms with Crippen molar-refractivity contribution >= 4 is 28.6 Å². The van der Waals surface area contributed by atoms with E-state index in [4.69, 9.17) is 0 Å². The lowest BCUT2D eigenvalue weighted by Gasteiger charge is -2.32. The third kappa shape index (κ3) is 2.85. The Labute approximate surface area is 156 Å². The van der Waals surface area contributed by atoms with Crippen LogP contribution < -0.4 is 4.90 Å². The first-order valence-electron chi connectivity index (χ1n) is 8.94. The zero-order chi connectivity index (χ0) is 19.1. The van der Waals surface area contributed by atoms with Gasteiger partial charge in [0.05, 0.1) is 17.7 Å². The Balaban J connectivity index is 1.71. The number of carboxylic acid groups (broad SMARTS) is 1. The van der Waals surface area contributed by atoms with Gasteiger partial charge >= 0.3 is 5.97 Å². The number of fused-ring (bicyclic) bond motifs is 2. The molecule has 138 valence electrons. The Morgan fingerprint density at radius 2 is 2.00 bits per heavy atom. The third-order valence-corrected chi connectivity index (χ3v) is 4.96. The highest BCUT2D eigenvalue weighted by Gasteiger charge is 2.32. The molecule has 0 saturated heterocycles. The van der Waals surface area contributed by atoms with Crippen LogP contribution in [0.3, 0.4) is 0 Å². The number of rotatable bonds is 3. The maximum atomic E-state index is 13.1. The lowest BCUT2D eigenvalue weighted by atomic mass is 9.89. The number of aromatic nitrogens is 3. The van der Waals surface area contributed by atoms with Crippen LogP contribution in [0, 0.1) is 0 Å². The van der Waals surface area contributed by atoms with Gasteiger partial charge in [-0.05, 0) is 38.0 Å². The molecule has 1 atom stereocenters. The Morgan fingerprint density at radius 3 is 2.74 bits per heavy atom. The van der Waals surface area contributed by atoms with E-state index < -0.39 is 11.9 Å². The molecule has 3 aromatic rings. The monoisotopic (exact) mass is 364 g/mol. The molecule has 0 aliphatic carbocycles. The summed E-state index contributed by atoms with van der Waals surface area (Å²) in [5.74, 6) is -1.63. The number of pyridine rings is 1. The van der Waals surface area contributed by atoms with E-state index in [-0.39, 0.29) is 11.9 Å². The van der Waals surface area contributed by atoms with Crippen molar-refractivity contribution in [1.29, 1.82) is 0 Å². The van der Waals surface area contributed by atoms with E-state index in [2.05, 4.69) is 10.1 Å². The Morgan fingerprint density at radius 1 is 1.22 bits per heavy atom. The van der Waals surface area contributed by atoms with Gasteiger partial charge in [0.2, 0.25) is 0 Å². The highest BCUT2D eigenvalue weighted by molar-refractivity contribution is 6.08. The number of carbonyl (C=O) groups excluding carboxylic acids is 1. The van der Waals surface area contributed by atoms with E-state index in [1.165, 1.54) is 0 Å². The first-order chi connectivity index (χ1) is 13.0. The summed E-state index contributed by atoms with van der Waals surface area (Å²) in [6.45, 7) is 4.41. The number of amides is 1. The highest BCUT2D eigenvalue weighted by Crippen LogP contribution is 2.36. The SMILES string of the molecule is CC(C)n1ncc2cc(C(=O)N3CCC(C(=O)O)c4ccccc43)cnc21. The zero-order valence-corrected chi connectivity index (χ0v) is 15.2. The number of aliphatic carboxylic acids is 1. The standard InChI is InChI=1S/C20H20N4O3/c1-12(2)24-18-13(11-22-24)9-14(10-21-18)19(25)23-8-7-16(20(26)27)15-5-3-4-6-17(15)23/h3-6,9-12,16H,7-8H2,1-2H3,(H,26,27). The van der Waals surface area contributed by atoms with Gasteiger partial charge in [-0.25, -0.2) is 9.67 Å². The van der Waals surface area contributed by atoms with Crippen molar-refractivity contribution in [1.82, 2.24) is 14.8 Å². The minimum absolute atomic E-state index is 0.179. The minimum atomic E-state index is -0.862. The number of hydrogen-bond acceptors (Lipinski definition) is 4. The van der Waals surface area contributed by atoms with Crippen LogP contribution in [-0.4, -0.2) is 38.3 Å². The first kappa shape index (κ1) is 17.2. The molecular weight excluding hydrogens is 344 g/mol. The van der Waals surface area contributed by atoms with Crippen LogP contribution in [0.4, 0.5) is 5.69 Å². The lowest BCUT2D eigenvalue weighted by molar-refractivity contribution is -0.139. The van der Waals surface area contributed by atoms with Crippen molar-refractivity contribution in [3.05, 3.63) is 53.9 Å². The first-order valence-corrected chi connectivity index (χ1v) is 8.94. The van der Waals surface area contributed by atoms with E-state index in [9.17, 15) is 14.7 Å². The molecule has 0 saturated carbocycles. The van der Waals surface area contributed by atoms with Crippen molar-refractivity contribution in [2.45, 2.75) is 32.2 Å². The summed E-state index contributed by atoms with van der Waals surface area (Å²) in [7, 11) is 0. The molecule has 7 heteroatoms. The molecule has 0 spiro atoms. The van der Waals surface area contributed by atoms with Crippen molar-refractivity contribution in [2.24, 2.45) is 0 Å². The predicted molar refractivity (Wildman–Crippen MR) is 101 cm³/mol. The number of carbonyl (C=O) groups is 2. The second kappa shape index (κ2) is 6.50. The predicted octanol–water partition coefficient (Wildman–Crippen LogP) is 3.23. The van der Waals surface area contributed by atoms with Gasteiger partial charge in [0.1, 0.15) is 0 Å². The summed E-state index contributed by atoms with van der Waals surface area (Å²) in [4.78, 5) is 30.8. The second-order valence-electron chi connectivity index (χ2n) is 7.01. The number of benzene rings is 1. The molecule has 1 N–H and O–H groups in total. The van der Waals surface area contributed by atoms with E-state index >= 15 is 0 Å². The molecule has 1 aliphatic heterocycles. The van der Waals surface area contributed by atoms with E-state index in [1.807, 2.05) is 24.6 Å². The van der Waals surface area contributed by atoms with Gasteiger partial charge in [-0.15, -0.1) is 0 Å². The maximum absolute atomic E-state index is 13.1. The summed E-state index contributed by atoms with van der Waals surface area (Å²) in [6, 6.07) is 9.17. The van der Waals surface area contributed by atoms with Crippen molar-refractivity contribution in [3.8, 4) is 0 Å².